The summed E-state index contributed by atoms with van der Waals surface area (Å²) in [4.78, 5) is 6.77. The lowest BCUT2D eigenvalue weighted by atomic mass is 9.75. The summed E-state index contributed by atoms with van der Waals surface area (Å²) in [5, 5.41) is 4.01. The van der Waals surface area contributed by atoms with Crippen molar-refractivity contribution in [3.05, 3.63) is 66.1 Å². The smallest absolute Gasteiger partial charge is 0.406 e. The standard InChI is InChI=1S/C25H28F3N3O2/c1-31(2)23(18-6-4-3-5-7-18)19-10-8-17(9-11-19)16-22-29-24(30-33-22)20-12-14-21(15-13-20)32-25(26,27)28/h3-7,12-15,17,19,23H,8-11,16H2,1-2H3. The maximum absolute atomic E-state index is 12.3. The molecule has 0 amide bonds. The molecule has 1 saturated carbocycles. The molecule has 5 nitrogen and oxygen atoms in total. The molecule has 0 spiro atoms. The number of aromatic nitrogens is 2. The number of nitrogens with zero attached hydrogens (tertiary/aromatic N) is 3. The molecule has 4 rings (SSSR count). The van der Waals surface area contributed by atoms with Crippen LogP contribution >= 0.6 is 0 Å². The highest BCUT2D eigenvalue weighted by Gasteiger charge is 2.32. The highest BCUT2D eigenvalue weighted by atomic mass is 19.4. The molecule has 8 heteroatoms. The molecule has 3 aromatic rings. The van der Waals surface area contributed by atoms with Crippen molar-refractivity contribution in [3.63, 3.8) is 0 Å². The number of hydrogen-bond donors (Lipinski definition) is 0. The first-order valence-corrected chi connectivity index (χ1v) is 11.2. The molecular formula is C25H28F3N3O2. The van der Waals surface area contributed by atoms with Crippen LogP contribution in [0.1, 0.15) is 43.2 Å². The van der Waals surface area contributed by atoms with Crippen LogP contribution < -0.4 is 4.74 Å². The van der Waals surface area contributed by atoms with Gasteiger partial charge in [-0.05, 0) is 81.4 Å². The number of rotatable bonds is 7. The van der Waals surface area contributed by atoms with Crippen LogP contribution in [0, 0.1) is 11.8 Å². The maximum Gasteiger partial charge on any atom is 0.573 e. The zero-order valence-electron chi connectivity index (χ0n) is 18.8. The summed E-state index contributed by atoms with van der Waals surface area (Å²) >= 11 is 0. The average Bonchev–Trinajstić information content (AvgIpc) is 3.23. The molecule has 0 radical (unpaired) electrons. The second-order valence-electron chi connectivity index (χ2n) is 8.89. The zero-order chi connectivity index (χ0) is 23.4. The molecule has 0 saturated heterocycles. The van der Waals surface area contributed by atoms with Crippen molar-refractivity contribution in [2.75, 3.05) is 14.1 Å². The van der Waals surface area contributed by atoms with Crippen molar-refractivity contribution in [2.24, 2.45) is 11.8 Å². The predicted molar refractivity (Wildman–Crippen MR) is 118 cm³/mol. The zero-order valence-corrected chi connectivity index (χ0v) is 18.8. The SMILES string of the molecule is CN(C)C(c1ccccc1)C1CCC(Cc2nc(-c3ccc(OC(F)(F)F)cc3)no2)CC1. The third-order valence-corrected chi connectivity index (χ3v) is 6.31. The Morgan fingerprint density at radius 3 is 2.27 bits per heavy atom. The first-order valence-electron chi connectivity index (χ1n) is 11.2. The van der Waals surface area contributed by atoms with Gasteiger partial charge in [-0.25, -0.2) is 0 Å². The summed E-state index contributed by atoms with van der Waals surface area (Å²) in [5.41, 5.74) is 1.94. The van der Waals surface area contributed by atoms with Gasteiger partial charge < -0.3 is 14.2 Å². The third kappa shape index (κ3) is 6.13. The van der Waals surface area contributed by atoms with Crippen LogP contribution in [-0.4, -0.2) is 35.5 Å². The molecule has 1 unspecified atom stereocenters. The fourth-order valence-corrected chi connectivity index (χ4v) is 4.86. The quantitative estimate of drug-likeness (QED) is 0.416. The number of ether oxygens (including phenoxy) is 1. The van der Waals surface area contributed by atoms with E-state index in [1.807, 2.05) is 0 Å². The lowest BCUT2D eigenvalue weighted by Gasteiger charge is -2.37. The topological polar surface area (TPSA) is 51.4 Å². The fraction of sp³-hybridized carbons (Fsp3) is 0.440. The Kier molecular flexibility index (Phi) is 7.02. The van der Waals surface area contributed by atoms with E-state index in [1.165, 1.54) is 29.8 Å². The summed E-state index contributed by atoms with van der Waals surface area (Å²) in [7, 11) is 4.29. The third-order valence-electron chi connectivity index (χ3n) is 6.31. The molecule has 33 heavy (non-hydrogen) atoms. The highest BCUT2D eigenvalue weighted by molar-refractivity contribution is 5.55. The van der Waals surface area contributed by atoms with Gasteiger partial charge >= 0.3 is 6.36 Å². The molecule has 1 fully saturated rings. The van der Waals surface area contributed by atoms with Gasteiger partial charge in [-0.3, -0.25) is 0 Å². The molecule has 0 aliphatic heterocycles. The molecule has 2 aromatic carbocycles. The maximum atomic E-state index is 12.3. The van der Waals surface area contributed by atoms with Gasteiger partial charge in [0.2, 0.25) is 11.7 Å². The lowest BCUT2D eigenvalue weighted by molar-refractivity contribution is -0.274. The van der Waals surface area contributed by atoms with Crippen LogP contribution in [-0.2, 0) is 6.42 Å². The molecule has 1 aromatic heterocycles. The molecule has 0 N–H and O–H groups in total. The van der Waals surface area contributed by atoms with Crippen molar-refractivity contribution in [1.29, 1.82) is 0 Å². The van der Waals surface area contributed by atoms with E-state index in [0.717, 1.165) is 25.7 Å². The van der Waals surface area contributed by atoms with Crippen molar-refractivity contribution >= 4 is 0 Å². The van der Waals surface area contributed by atoms with Crippen LogP contribution in [0.3, 0.4) is 0 Å². The van der Waals surface area contributed by atoms with E-state index < -0.39 is 6.36 Å². The molecule has 1 heterocycles. The number of benzene rings is 2. The van der Waals surface area contributed by atoms with E-state index in [2.05, 4.69) is 64.2 Å². The fourth-order valence-electron chi connectivity index (χ4n) is 4.86. The minimum Gasteiger partial charge on any atom is -0.406 e. The Bertz CT molecular complexity index is 1010. The monoisotopic (exact) mass is 459 g/mol. The van der Waals surface area contributed by atoms with Crippen LogP contribution in [0.25, 0.3) is 11.4 Å². The number of alkyl halides is 3. The minimum absolute atomic E-state index is 0.279. The number of hydrogen-bond acceptors (Lipinski definition) is 5. The van der Waals surface area contributed by atoms with E-state index >= 15 is 0 Å². The van der Waals surface area contributed by atoms with Crippen LogP contribution in [0.4, 0.5) is 13.2 Å². The van der Waals surface area contributed by atoms with Gasteiger partial charge in [-0.1, -0.05) is 35.5 Å². The molecule has 1 atom stereocenters. The van der Waals surface area contributed by atoms with E-state index in [1.54, 1.807) is 0 Å². The van der Waals surface area contributed by atoms with Crippen molar-refractivity contribution in [1.82, 2.24) is 15.0 Å². The second-order valence-corrected chi connectivity index (χ2v) is 8.89. The number of halogens is 3. The summed E-state index contributed by atoms with van der Waals surface area (Å²) in [6.45, 7) is 0. The van der Waals surface area contributed by atoms with Gasteiger partial charge in [0.05, 0.1) is 0 Å². The van der Waals surface area contributed by atoms with Gasteiger partial charge in [-0.15, -0.1) is 13.2 Å². The Morgan fingerprint density at radius 1 is 1.00 bits per heavy atom. The van der Waals surface area contributed by atoms with Gasteiger partial charge in [-0.2, -0.15) is 4.98 Å². The Hall–Kier alpha value is -2.87. The summed E-state index contributed by atoms with van der Waals surface area (Å²) in [5.74, 6) is 1.74. The van der Waals surface area contributed by atoms with Crippen LogP contribution in [0.2, 0.25) is 0 Å². The molecule has 1 aliphatic rings. The Morgan fingerprint density at radius 2 is 1.67 bits per heavy atom. The van der Waals surface area contributed by atoms with Crippen LogP contribution in [0.5, 0.6) is 5.75 Å². The van der Waals surface area contributed by atoms with E-state index in [4.69, 9.17) is 4.52 Å². The van der Waals surface area contributed by atoms with Crippen molar-refractivity contribution in [3.8, 4) is 17.1 Å². The molecular weight excluding hydrogens is 431 g/mol. The normalized spacial score (nSPS) is 20.1. The predicted octanol–water partition coefficient (Wildman–Crippen LogP) is 6.29. The molecule has 176 valence electrons. The minimum atomic E-state index is -4.71. The Labute approximate surface area is 191 Å². The lowest BCUT2D eigenvalue weighted by Crippen LogP contribution is -2.30. The Balaban J connectivity index is 1.33. The average molecular weight is 460 g/mol. The second kappa shape index (κ2) is 9.95. The van der Waals surface area contributed by atoms with Gasteiger partial charge in [0, 0.05) is 18.0 Å². The van der Waals surface area contributed by atoms with E-state index in [0.29, 0.717) is 41.6 Å². The van der Waals surface area contributed by atoms with E-state index in [-0.39, 0.29) is 5.75 Å². The summed E-state index contributed by atoms with van der Waals surface area (Å²) in [6.07, 6.45) is 0.487. The van der Waals surface area contributed by atoms with Crippen LogP contribution in [0.15, 0.2) is 59.1 Å². The highest BCUT2D eigenvalue weighted by Crippen LogP contribution is 2.40. The van der Waals surface area contributed by atoms with Gasteiger partial charge in [0.15, 0.2) is 0 Å². The largest absolute Gasteiger partial charge is 0.573 e. The van der Waals surface area contributed by atoms with Gasteiger partial charge in [0.1, 0.15) is 5.75 Å². The van der Waals surface area contributed by atoms with E-state index in [9.17, 15) is 13.2 Å². The molecule has 0 bridgehead atoms. The van der Waals surface area contributed by atoms with Crippen molar-refractivity contribution in [2.45, 2.75) is 44.5 Å². The first-order chi connectivity index (χ1) is 15.8. The summed E-state index contributed by atoms with van der Waals surface area (Å²) in [6, 6.07) is 16.5. The van der Waals surface area contributed by atoms with Gasteiger partial charge in [0.25, 0.3) is 0 Å². The van der Waals surface area contributed by atoms with Crippen molar-refractivity contribution < 1.29 is 22.4 Å². The molecule has 1 aliphatic carbocycles. The first kappa shape index (κ1) is 23.3. The summed E-state index contributed by atoms with van der Waals surface area (Å²) < 4.78 is 46.3.